The number of allylic oxidation sites excluding steroid dienone is 4. The molecule has 0 aromatic heterocycles. The van der Waals surface area contributed by atoms with Gasteiger partial charge in [-0.25, -0.2) is 9.36 Å². The minimum atomic E-state index is -4.67. The first-order chi connectivity index (χ1) is 31.0. The Hall–Kier alpha value is -3.26. The number of amides is 2. The topological polar surface area (TPSA) is 213 Å². The second-order valence-electron chi connectivity index (χ2n) is 16.4. The van der Waals surface area contributed by atoms with E-state index in [1.54, 1.807) is 0 Å². The van der Waals surface area contributed by atoms with E-state index in [9.17, 15) is 33.4 Å². The molecular formula is C48H87N2O13P. The van der Waals surface area contributed by atoms with Crippen molar-refractivity contribution in [1.82, 2.24) is 10.6 Å². The lowest BCUT2D eigenvalue weighted by atomic mass is 10.1. The molecule has 0 spiro atoms. The lowest BCUT2D eigenvalue weighted by Crippen LogP contribution is -2.32. The van der Waals surface area contributed by atoms with Crippen LogP contribution in [-0.4, -0.2) is 85.5 Å². The molecule has 0 fully saturated rings. The first kappa shape index (κ1) is 60.7. The number of carbonyl (C=O) groups is 5. The summed E-state index contributed by atoms with van der Waals surface area (Å²) in [5.74, 6) is -2.59. The molecule has 0 radical (unpaired) electrons. The normalized spacial score (nSPS) is 12.9. The largest absolute Gasteiger partial charge is 0.481 e. The lowest BCUT2D eigenvalue weighted by molar-refractivity contribution is -0.161. The number of phosphoric ester groups is 1. The molecule has 0 aromatic rings. The third-order valence-electron chi connectivity index (χ3n) is 10.3. The van der Waals surface area contributed by atoms with Gasteiger partial charge in [-0.1, -0.05) is 141 Å². The molecule has 0 aromatic carbocycles. The summed E-state index contributed by atoms with van der Waals surface area (Å²) < 4.78 is 38.4. The van der Waals surface area contributed by atoms with Crippen LogP contribution >= 0.6 is 7.82 Å². The summed E-state index contributed by atoms with van der Waals surface area (Å²) in [4.78, 5) is 69.5. The Morgan fingerprint density at radius 1 is 0.516 bits per heavy atom. The molecule has 0 heterocycles. The number of unbranched alkanes of at least 4 members (excludes halogenated alkanes) is 22. The van der Waals surface area contributed by atoms with Crippen LogP contribution in [0, 0.1) is 0 Å². The van der Waals surface area contributed by atoms with Gasteiger partial charge in [0.15, 0.2) is 6.10 Å². The summed E-state index contributed by atoms with van der Waals surface area (Å²) in [5, 5.41) is 13.3. The molecule has 0 aliphatic heterocycles. The van der Waals surface area contributed by atoms with Gasteiger partial charge in [-0.2, -0.15) is 0 Å². The van der Waals surface area contributed by atoms with E-state index in [1.807, 2.05) is 0 Å². The molecular weight excluding hydrogens is 844 g/mol. The second kappa shape index (κ2) is 44.9. The van der Waals surface area contributed by atoms with E-state index in [0.717, 1.165) is 77.0 Å². The van der Waals surface area contributed by atoms with Gasteiger partial charge in [-0.3, -0.25) is 28.2 Å². The molecule has 0 bridgehead atoms. The van der Waals surface area contributed by atoms with Crippen LogP contribution in [0.1, 0.15) is 206 Å². The van der Waals surface area contributed by atoms with Crippen molar-refractivity contribution >= 4 is 37.7 Å². The number of hydrogen-bond acceptors (Lipinski definition) is 11. The molecule has 372 valence electrons. The molecule has 15 nitrogen and oxygen atoms in total. The summed E-state index contributed by atoms with van der Waals surface area (Å²) in [5.41, 5.74) is 0. The Labute approximate surface area is 385 Å². The number of carboxylic acids is 1. The number of carboxylic acid groups (broad SMARTS) is 1. The summed E-state index contributed by atoms with van der Waals surface area (Å²) in [6.45, 7) is 2.67. The van der Waals surface area contributed by atoms with Crippen molar-refractivity contribution in [2.24, 2.45) is 0 Å². The van der Waals surface area contributed by atoms with Gasteiger partial charge in [-0.15, -0.1) is 0 Å². The Kier molecular flexibility index (Phi) is 42.6. The SMILES string of the molecule is CCCCCCCC/C=C/CCCCCCCC(=O)OC[C@H](COP(=O)(O)OCCNC(=O)OCCNC(=O)CCC(=O)O)OC(=O)CCCCCCC/C=C/CCCCCCCC. The average molecular weight is 931 g/mol. The molecule has 1 unspecified atom stereocenters. The number of hydrogen-bond donors (Lipinski definition) is 4. The second-order valence-corrected chi connectivity index (χ2v) is 17.8. The van der Waals surface area contributed by atoms with E-state index < -0.39 is 57.0 Å². The third kappa shape index (κ3) is 45.3. The number of esters is 2. The van der Waals surface area contributed by atoms with Gasteiger partial charge in [0, 0.05) is 25.8 Å². The van der Waals surface area contributed by atoms with Gasteiger partial charge in [0.2, 0.25) is 5.91 Å². The van der Waals surface area contributed by atoms with Crippen molar-refractivity contribution in [3.63, 3.8) is 0 Å². The van der Waals surface area contributed by atoms with Crippen molar-refractivity contribution in [2.75, 3.05) is 39.5 Å². The number of ether oxygens (including phenoxy) is 3. The van der Waals surface area contributed by atoms with Crippen molar-refractivity contribution < 1.29 is 61.8 Å². The number of alkyl carbamates (subject to hydrolysis) is 1. The first-order valence-electron chi connectivity index (χ1n) is 24.6. The number of carbonyl (C=O) groups excluding carboxylic acids is 4. The highest BCUT2D eigenvalue weighted by Crippen LogP contribution is 2.43. The zero-order valence-corrected chi connectivity index (χ0v) is 40.6. The van der Waals surface area contributed by atoms with Crippen LogP contribution in [0.15, 0.2) is 24.3 Å². The molecule has 0 aliphatic rings. The molecule has 2 atom stereocenters. The molecule has 0 saturated heterocycles. The Morgan fingerprint density at radius 3 is 1.47 bits per heavy atom. The summed E-state index contributed by atoms with van der Waals surface area (Å²) in [6, 6.07) is 0. The first-order valence-corrected chi connectivity index (χ1v) is 26.1. The predicted octanol–water partition coefficient (Wildman–Crippen LogP) is 11.4. The smallest absolute Gasteiger partial charge is 0.472 e. The van der Waals surface area contributed by atoms with E-state index in [0.29, 0.717) is 12.8 Å². The van der Waals surface area contributed by atoms with Crippen molar-refractivity contribution in [3.05, 3.63) is 24.3 Å². The number of nitrogens with one attached hydrogen (secondary N) is 2. The molecule has 0 saturated carbocycles. The van der Waals surface area contributed by atoms with Gasteiger partial charge < -0.3 is 34.8 Å². The van der Waals surface area contributed by atoms with Crippen molar-refractivity contribution in [3.8, 4) is 0 Å². The highest BCUT2D eigenvalue weighted by Gasteiger charge is 2.26. The molecule has 0 rings (SSSR count). The van der Waals surface area contributed by atoms with E-state index in [1.165, 1.54) is 77.0 Å². The van der Waals surface area contributed by atoms with Crippen LogP contribution < -0.4 is 10.6 Å². The minimum absolute atomic E-state index is 0.0295. The molecule has 0 aliphatic carbocycles. The zero-order chi connectivity index (χ0) is 47.2. The van der Waals surface area contributed by atoms with Crippen LogP contribution in [0.3, 0.4) is 0 Å². The highest BCUT2D eigenvalue weighted by atomic mass is 31.2. The van der Waals surface area contributed by atoms with Crippen molar-refractivity contribution in [2.45, 2.75) is 213 Å². The highest BCUT2D eigenvalue weighted by molar-refractivity contribution is 7.47. The van der Waals surface area contributed by atoms with Crippen LogP contribution in [0.2, 0.25) is 0 Å². The maximum absolute atomic E-state index is 12.8. The zero-order valence-electron chi connectivity index (χ0n) is 39.7. The van der Waals surface area contributed by atoms with Gasteiger partial charge in [-0.05, 0) is 64.2 Å². The van der Waals surface area contributed by atoms with Crippen LogP contribution in [-0.2, 0) is 47.0 Å². The Morgan fingerprint density at radius 2 is 0.969 bits per heavy atom. The molecule has 16 heteroatoms. The lowest BCUT2D eigenvalue weighted by Gasteiger charge is -2.20. The minimum Gasteiger partial charge on any atom is -0.481 e. The number of rotatable bonds is 46. The van der Waals surface area contributed by atoms with E-state index in [2.05, 4.69) is 48.8 Å². The van der Waals surface area contributed by atoms with E-state index in [4.69, 9.17) is 28.4 Å². The summed E-state index contributed by atoms with van der Waals surface area (Å²) in [7, 11) is -4.67. The number of phosphoric acid groups is 1. The van der Waals surface area contributed by atoms with Crippen LogP contribution in [0.5, 0.6) is 0 Å². The van der Waals surface area contributed by atoms with E-state index in [-0.39, 0.29) is 52.0 Å². The maximum Gasteiger partial charge on any atom is 0.472 e. The third-order valence-corrected chi connectivity index (χ3v) is 11.3. The van der Waals surface area contributed by atoms with Gasteiger partial charge in [0.25, 0.3) is 0 Å². The van der Waals surface area contributed by atoms with Gasteiger partial charge >= 0.3 is 31.8 Å². The summed E-state index contributed by atoms with van der Waals surface area (Å²) >= 11 is 0. The van der Waals surface area contributed by atoms with Crippen LogP contribution in [0.4, 0.5) is 4.79 Å². The fraction of sp³-hybridized carbons (Fsp3) is 0.812. The number of aliphatic carboxylic acids is 1. The molecule has 4 N–H and O–H groups in total. The van der Waals surface area contributed by atoms with Crippen LogP contribution in [0.25, 0.3) is 0 Å². The van der Waals surface area contributed by atoms with Crippen molar-refractivity contribution in [1.29, 1.82) is 0 Å². The predicted molar refractivity (Wildman–Crippen MR) is 251 cm³/mol. The average Bonchev–Trinajstić information content (AvgIpc) is 3.26. The van der Waals surface area contributed by atoms with E-state index >= 15 is 0 Å². The fourth-order valence-electron chi connectivity index (χ4n) is 6.52. The monoisotopic (exact) mass is 931 g/mol. The fourth-order valence-corrected chi connectivity index (χ4v) is 7.27. The maximum atomic E-state index is 12.8. The quantitative estimate of drug-likeness (QED) is 0.0147. The molecule has 2 amide bonds. The standard InChI is InChI=1S/C48H87N2O13P/c1-3-5-7-9-11-13-15-17-19-21-23-25-27-29-31-33-46(54)60-41-43(63-47(55)34-32-30-28-26-24-22-20-18-16-14-12-10-8-6-4-2)42-62-64(57,58)61-40-38-50-48(56)59-39-37-49-44(51)35-36-45(52)53/h17-20,43H,3-16,21-42H2,1-2H3,(H,49,51)(H,50,56)(H,52,53)(H,57,58)/b19-17+,20-18+/t43-/m1/s1. The Bertz CT molecular complexity index is 1300. The van der Waals surface area contributed by atoms with Gasteiger partial charge in [0.05, 0.1) is 26.2 Å². The van der Waals surface area contributed by atoms with Gasteiger partial charge in [0.1, 0.15) is 13.2 Å². The molecule has 64 heavy (non-hydrogen) atoms. The summed E-state index contributed by atoms with van der Waals surface area (Å²) in [6.07, 6.45) is 36.4. The Balaban J connectivity index is 4.61.